The second kappa shape index (κ2) is 8.89. The summed E-state index contributed by atoms with van der Waals surface area (Å²) in [5, 5.41) is 13.3. The largest absolute Gasteiger partial charge is 0.392 e. The summed E-state index contributed by atoms with van der Waals surface area (Å²) in [7, 11) is 2.17. The maximum absolute atomic E-state index is 9.95. The van der Waals surface area contributed by atoms with Crippen molar-refractivity contribution < 1.29 is 5.11 Å². The van der Waals surface area contributed by atoms with Gasteiger partial charge < -0.3 is 15.3 Å². The van der Waals surface area contributed by atoms with Gasteiger partial charge in [-0.1, -0.05) is 32.6 Å². The number of aliphatic hydroxyl groups is 1. The molecule has 0 heterocycles. The first-order chi connectivity index (χ1) is 8.63. The van der Waals surface area contributed by atoms with Crippen molar-refractivity contribution in [3.8, 4) is 0 Å². The molecule has 0 saturated heterocycles. The Morgan fingerprint density at radius 3 is 2.61 bits per heavy atom. The van der Waals surface area contributed by atoms with Crippen LogP contribution in [0.15, 0.2) is 0 Å². The minimum Gasteiger partial charge on any atom is -0.392 e. The third-order valence-corrected chi connectivity index (χ3v) is 4.44. The highest BCUT2D eigenvalue weighted by molar-refractivity contribution is 4.72. The number of nitrogens with zero attached hydrogens (tertiary/aromatic N) is 1. The minimum atomic E-state index is -0.151. The quantitative estimate of drug-likeness (QED) is 0.621. The summed E-state index contributed by atoms with van der Waals surface area (Å²) < 4.78 is 0. The van der Waals surface area contributed by atoms with Crippen molar-refractivity contribution in [2.75, 3.05) is 26.7 Å². The Bertz CT molecular complexity index is 205. The van der Waals surface area contributed by atoms with Gasteiger partial charge in [-0.05, 0) is 32.7 Å². The van der Waals surface area contributed by atoms with Crippen LogP contribution in [0.2, 0.25) is 0 Å². The highest BCUT2D eigenvalue weighted by Gasteiger charge is 2.18. The van der Waals surface area contributed by atoms with Gasteiger partial charge in [0.05, 0.1) is 6.10 Å². The monoisotopic (exact) mass is 256 g/mol. The van der Waals surface area contributed by atoms with Crippen LogP contribution in [-0.4, -0.2) is 48.8 Å². The molecular weight excluding hydrogens is 224 g/mol. The van der Waals surface area contributed by atoms with E-state index in [1.807, 2.05) is 0 Å². The van der Waals surface area contributed by atoms with E-state index in [0.29, 0.717) is 6.04 Å². The van der Waals surface area contributed by atoms with E-state index in [0.717, 1.165) is 32.0 Å². The zero-order valence-electron chi connectivity index (χ0n) is 12.5. The number of nitrogens with one attached hydrogen (secondary N) is 1. The molecular formula is C15H32N2O. The Balaban J connectivity index is 1.99. The smallest absolute Gasteiger partial charge is 0.0667 e. The van der Waals surface area contributed by atoms with Crippen LogP contribution in [0.1, 0.15) is 52.4 Å². The summed E-state index contributed by atoms with van der Waals surface area (Å²) in [4.78, 5) is 2.37. The summed E-state index contributed by atoms with van der Waals surface area (Å²) >= 11 is 0. The molecule has 1 aliphatic rings. The van der Waals surface area contributed by atoms with E-state index in [9.17, 15) is 5.11 Å². The fourth-order valence-electron chi connectivity index (χ4n) is 2.77. The summed E-state index contributed by atoms with van der Waals surface area (Å²) in [5.74, 6) is 0.782. The van der Waals surface area contributed by atoms with Gasteiger partial charge in [0.15, 0.2) is 0 Å². The molecule has 1 fully saturated rings. The molecule has 1 rings (SSSR count). The van der Waals surface area contributed by atoms with E-state index in [2.05, 4.69) is 31.1 Å². The van der Waals surface area contributed by atoms with E-state index in [4.69, 9.17) is 0 Å². The van der Waals surface area contributed by atoms with Gasteiger partial charge in [-0.15, -0.1) is 0 Å². The first-order valence-electron chi connectivity index (χ1n) is 7.72. The first-order valence-corrected chi connectivity index (χ1v) is 7.72. The molecule has 18 heavy (non-hydrogen) atoms. The molecule has 108 valence electrons. The molecule has 0 aromatic carbocycles. The third-order valence-electron chi connectivity index (χ3n) is 4.44. The van der Waals surface area contributed by atoms with E-state index in [-0.39, 0.29) is 6.10 Å². The van der Waals surface area contributed by atoms with Crippen LogP contribution >= 0.6 is 0 Å². The van der Waals surface area contributed by atoms with Crippen molar-refractivity contribution >= 4 is 0 Å². The average Bonchev–Trinajstić information content (AvgIpc) is 2.86. The second-order valence-corrected chi connectivity index (χ2v) is 5.98. The Morgan fingerprint density at radius 1 is 1.33 bits per heavy atom. The zero-order valence-corrected chi connectivity index (χ0v) is 12.5. The SMILES string of the molecule is CCC(C)N(C)CCNCC(O)CC1CCCC1. The lowest BCUT2D eigenvalue weighted by atomic mass is 10.0. The van der Waals surface area contributed by atoms with E-state index >= 15 is 0 Å². The van der Waals surface area contributed by atoms with Crippen LogP contribution in [0.3, 0.4) is 0 Å². The number of aliphatic hydroxyl groups excluding tert-OH is 1. The maximum atomic E-state index is 9.95. The molecule has 1 aliphatic carbocycles. The van der Waals surface area contributed by atoms with Crippen molar-refractivity contribution in [3.05, 3.63) is 0 Å². The van der Waals surface area contributed by atoms with Crippen molar-refractivity contribution in [3.63, 3.8) is 0 Å². The van der Waals surface area contributed by atoms with Gasteiger partial charge in [0.1, 0.15) is 0 Å². The molecule has 0 aromatic heterocycles. The minimum absolute atomic E-state index is 0.151. The standard InChI is InChI=1S/C15H32N2O/c1-4-13(2)17(3)10-9-16-12-15(18)11-14-7-5-6-8-14/h13-16,18H,4-12H2,1-3H3. The molecule has 1 saturated carbocycles. The summed E-state index contributed by atoms with van der Waals surface area (Å²) in [6, 6.07) is 0.648. The fourth-order valence-corrected chi connectivity index (χ4v) is 2.77. The maximum Gasteiger partial charge on any atom is 0.0667 e. The third kappa shape index (κ3) is 6.17. The van der Waals surface area contributed by atoms with E-state index < -0.39 is 0 Å². The van der Waals surface area contributed by atoms with Crippen molar-refractivity contribution in [2.45, 2.75) is 64.5 Å². The van der Waals surface area contributed by atoms with Crippen LogP contribution in [0, 0.1) is 5.92 Å². The van der Waals surface area contributed by atoms with Gasteiger partial charge in [0.2, 0.25) is 0 Å². The molecule has 0 spiro atoms. The first kappa shape index (κ1) is 15.9. The molecule has 0 aliphatic heterocycles. The molecule has 0 bridgehead atoms. The predicted octanol–water partition coefficient (Wildman–Crippen LogP) is 2.25. The normalized spacial score (nSPS) is 20.5. The summed E-state index contributed by atoms with van der Waals surface area (Å²) in [6.07, 6.45) is 7.42. The average molecular weight is 256 g/mol. The number of hydrogen-bond donors (Lipinski definition) is 2. The van der Waals surface area contributed by atoms with Gasteiger partial charge in [-0.3, -0.25) is 0 Å². The number of hydrogen-bond acceptors (Lipinski definition) is 3. The van der Waals surface area contributed by atoms with Gasteiger partial charge in [0.25, 0.3) is 0 Å². The van der Waals surface area contributed by atoms with E-state index in [1.165, 1.54) is 32.1 Å². The predicted molar refractivity (Wildman–Crippen MR) is 77.8 cm³/mol. The van der Waals surface area contributed by atoms with Crippen molar-refractivity contribution in [1.29, 1.82) is 0 Å². The highest BCUT2D eigenvalue weighted by Crippen LogP contribution is 2.28. The summed E-state index contributed by atoms with van der Waals surface area (Å²) in [5.41, 5.74) is 0. The number of likely N-dealkylation sites (N-methyl/N-ethyl adjacent to an activating group) is 1. The molecule has 3 nitrogen and oxygen atoms in total. The topological polar surface area (TPSA) is 35.5 Å². The number of rotatable bonds is 9. The fraction of sp³-hybridized carbons (Fsp3) is 1.00. The van der Waals surface area contributed by atoms with Crippen molar-refractivity contribution in [2.24, 2.45) is 5.92 Å². The lowest BCUT2D eigenvalue weighted by Crippen LogP contribution is -2.37. The molecule has 2 unspecified atom stereocenters. The van der Waals surface area contributed by atoms with Crippen LogP contribution in [0.5, 0.6) is 0 Å². The Morgan fingerprint density at radius 2 is 2.00 bits per heavy atom. The van der Waals surface area contributed by atoms with Gasteiger partial charge in [-0.25, -0.2) is 0 Å². The molecule has 0 aromatic rings. The molecule has 3 heteroatoms. The van der Waals surface area contributed by atoms with E-state index in [1.54, 1.807) is 0 Å². The van der Waals surface area contributed by atoms with Gasteiger partial charge in [-0.2, -0.15) is 0 Å². The van der Waals surface area contributed by atoms with Crippen LogP contribution in [-0.2, 0) is 0 Å². The molecule has 0 amide bonds. The van der Waals surface area contributed by atoms with Gasteiger partial charge in [0, 0.05) is 25.7 Å². The Hall–Kier alpha value is -0.120. The Labute approximate surface area is 113 Å². The molecule has 2 N–H and O–H groups in total. The lowest BCUT2D eigenvalue weighted by Gasteiger charge is -2.24. The summed E-state index contributed by atoms with van der Waals surface area (Å²) in [6.45, 7) is 7.27. The van der Waals surface area contributed by atoms with Crippen LogP contribution < -0.4 is 5.32 Å². The molecule has 2 atom stereocenters. The Kier molecular flexibility index (Phi) is 7.87. The van der Waals surface area contributed by atoms with Crippen LogP contribution in [0.4, 0.5) is 0 Å². The molecule has 0 radical (unpaired) electrons. The van der Waals surface area contributed by atoms with Crippen LogP contribution in [0.25, 0.3) is 0 Å². The zero-order chi connectivity index (χ0) is 13.4. The van der Waals surface area contributed by atoms with Crippen molar-refractivity contribution in [1.82, 2.24) is 10.2 Å². The highest BCUT2D eigenvalue weighted by atomic mass is 16.3. The van der Waals surface area contributed by atoms with Gasteiger partial charge >= 0.3 is 0 Å². The lowest BCUT2D eigenvalue weighted by molar-refractivity contribution is 0.139. The second-order valence-electron chi connectivity index (χ2n) is 5.98.